The molecule has 0 aromatic heterocycles. The lowest BCUT2D eigenvalue weighted by atomic mass is 10.0. The van der Waals surface area contributed by atoms with E-state index in [1.54, 1.807) is 24.3 Å². The van der Waals surface area contributed by atoms with Crippen molar-refractivity contribution in [2.75, 3.05) is 12.8 Å². The van der Waals surface area contributed by atoms with Crippen LogP contribution in [-0.4, -0.2) is 32.3 Å². The number of nitrogens with one attached hydrogen (secondary N) is 1. The predicted octanol–water partition coefficient (Wildman–Crippen LogP) is 0.760. The third-order valence-corrected chi connectivity index (χ3v) is 3.51. The van der Waals surface area contributed by atoms with Gasteiger partial charge in [0.05, 0.1) is 12.2 Å². The van der Waals surface area contributed by atoms with Crippen molar-refractivity contribution in [1.82, 2.24) is 5.32 Å². The second-order valence-corrected chi connectivity index (χ2v) is 6.16. The van der Waals surface area contributed by atoms with E-state index in [0.717, 1.165) is 11.8 Å². The van der Waals surface area contributed by atoms with Gasteiger partial charge in [-0.3, -0.25) is 4.79 Å². The molecule has 0 bridgehead atoms. The smallest absolute Gasteiger partial charge is 0.307 e. The Morgan fingerprint density at radius 1 is 1.37 bits per heavy atom. The Morgan fingerprint density at radius 2 is 2.00 bits per heavy atom. The molecule has 1 fully saturated rings. The Hall–Kier alpha value is -1.60. The van der Waals surface area contributed by atoms with Crippen molar-refractivity contribution < 1.29 is 22.5 Å². The quantitative estimate of drug-likeness (QED) is 0.793. The number of aliphatic carboxylic acids is 1. The van der Waals surface area contributed by atoms with Crippen molar-refractivity contribution in [2.24, 2.45) is 5.92 Å². The number of benzene rings is 1. The average Bonchev–Trinajstić information content (AvgIpc) is 2.77. The molecule has 7 heteroatoms. The highest BCUT2D eigenvalue weighted by Gasteiger charge is 2.29. The maximum atomic E-state index is 11.0. The van der Waals surface area contributed by atoms with Crippen molar-refractivity contribution >= 4 is 16.1 Å². The Kier molecular flexibility index (Phi) is 3.77. The lowest BCUT2D eigenvalue weighted by molar-refractivity contribution is -0.141. The van der Waals surface area contributed by atoms with Crippen LogP contribution in [-0.2, 0) is 14.9 Å². The summed E-state index contributed by atoms with van der Waals surface area (Å²) in [7, 11) is -3.52. The summed E-state index contributed by atoms with van der Waals surface area (Å²) in [6, 6.07) is 6.58. The molecule has 0 spiro atoms. The molecule has 0 aliphatic carbocycles. The van der Waals surface area contributed by atoms with E-state index in [2.05, 4.69) is 5.32 Å². The summed E-state index contributed by atoms with van der Waals surface area (Å²) >= 11 is 0. The van der Waals surface area contributed by atoms with Gasteiger partial charge in [-0.25, -0.2) is 0 Å². The first kappa shape index (κ1) is 13.8. The Morgan fingerprint density at radius 3 is 2.47 bits per heavy atom. The lowest BCUT2D eigenvalue weighted by Crippen LogP contribution is -2.17. The summed E-state index contributed by atoms with van der Waals surface area (Å²) in [6.07, 6.45) is 1.51. The number of hydrogen-bond donors (Lipinski definition) is 2. The van der Waals surface area contributed by atoms with Gasteiger partial charge in [0.25, 0.3) is 0 Å². The van der Waals surface area contributed by atoms with Gasteiger partial charge in [0, 0.05) is 12.6 Å². The van der Waals surface area contributed by atoms with Crippen LogP contribution in [0.1, 0.15) is 18.0 Å². The van der Waals surface area contributed by atoms with E-state index in [1.807, 2.05) is 0 Å². The van der Waals surface area contributed by atoms with Gasteiger partial charge in [-0.15, -0.1) is 0 Å². The molecule has 6 nitrogen and oxygen atoms in total. The van der Waals surface area contributed by atoms with Crippen LogP contribution in [0.5, 0.6) is 5.75 Å². The summed E-state index contributed by atoms with van der Waals surface area (Å²) in [5, 5.41) is 12.1. The SMILES string of the molecule is CS(=O)(=O)Oc1ccc(C2CC(C(=O)O)CN2)cc1. The Bertz CT molecular complexity index is 566. The zero-order valence-electron chi connectivity index (χ0n) is 10.4. The van der Waals surface area contributed by atoms with Gasteiger partial charge >= 0.3 is 16.1 Å². The van der Waals surface area contributed by atoms with Crippen molar-refractivity contribution in [3.8, 4) is 5.75 Å². The number of carboxylic acids is 1. The second-order valence-electron chi connectivity index (χ2n) is 4.59. The molecular weight excluding hydrogens is 270 g/mol. The molecule has 2 rings (SSSR count). The fourth-order valence-electron chi connectivity index (χ4n) is 2.11. The number of carboxylic acid groups (broad SMARTS) is 1. The van der Waals surface area contributed by atoms with Crippen molar-refractivity contribution in [3.63, 3.8) is 0 Å². The van der Waals surface area contributed by atoms with E-state index in [9.17, 15) is 13.2 Å². The molecule has 1 heterocycles. The second kappa shape index (κ2) is 5.18. The third-order valence-electron chi connectivity index (χ3n) is 3.01. The number of rotatable bonds is 4. The molecule has 1 aliphatic rings. The van der Waals surface area contributed by atoms with Crippen LogP contribution in [0, 0.1) is 5.92 Å². The van der Waals surface area contributed by atoms with Gasteiger partial charge in [-0.2, -0.15) is 8.42 Å². The van der Waals surface area contributed by atoms with E-state index >= 15 is 0 Å². The van der Waals surface area contributed by atoms with Gasteiger partial charge in [-0.1, -0.05) is 12.1 Å². The average molecular weight is 285 g/mol. The standard InChI is InChI=1S/C12H15NO5S/c1-19(16,17)18-10-4-2-8(3-5-10)11-6-9(7-13-11)12(14)15/h2-5,9,11,13H,6-7H2,1H3,(H,14,15). The molecule has 2 N–H and O–H groups in total. The first-order chi connectivity index (χ1) is 8.85. The Balaban J connectivity index is 2.05. The monoisotopic (exact) mass is 285 g/mol. The van der Waals surface area contributed by atoms with Crippen LogP contribution in [0.25, 0.3) is 0 Å². The fourth-order valence-corrected chi connectivity index (χ4v) is 2.57. The van der Waals surface area contributed by atoms with Crippen LogP contribution in [0.4, 0.5) is 0 Å². The van der Waals surface area contributed by atoms with Gasteiger partial charge in [0.2, 0.25) is 0 Å². The summed E-state index contributed by atoms with van der Waals surface area (Å²) in [5.41, 5.74) is 0.921. The highest BCUT2D eigenvalue weighted by Crippen LogP contribution is 2.28. The summed E-state index contributed by atoms with van der Waals surface area (Å²) in [6.45, 7) is 0.446. The van der Waals surface area contributed by atoms with E-state index in [4.69, 9.17) is 9.29 Å². The van der Waals surface area contributed by atoms with E-state index < -0.39 is 16.1 Å². The lowest BCUT2D eigenvalue weighted by Gasteiger charge is -2.11. The van der Waals surface area contributed by atoms with Crippen LogP contribution in [0.3, 0.4) is 0 Å². The van der Waals surface area contributed by atoms with E-state index in [0.29, 0.717) is 13.0 Å². The minimum absolute atomic E-state index is 0.0200. The van der Waals surface area contributed by atoms with Crippen LogP contribution in [0.2, 0.25) is 0 Å². The van der Waals surface area contributed by atoms with Crippen LogP contribution in [0.15, 0.2) is 24.3 Å². The molecule has 2 atom stereocenters. The van der Waals surface area contributed by atoms with Gasteiger partial charge < -0.3 is 14.6 Å². The predicted molar refractivity (Wildman–Crippen MR) is 68.4 cm³/mol. The van der Waals surface area contributed by atoms with E-state index in [-0.39, 0.29) is 17.7 Å². The molecule has 1 saturated heterocycles. The molecule has 1 aromatic rings. The normalized spacial score (nSPS) is 23.2. The maximum absolute atomic E-state index is 11.0. The van der Waals surface area contributed by atoms with E-state index in [1.165, 1.54) is 0 Å². The fraction of sp³-hybridized carbons (Fsp3) is 0.417. The zero-order chi connectivity index (χ0) is 14.0. The zero-order valence-corrected chi connectivity index (χ0v) is 11.2. The number of carbonyl (C=O) groups is 1. The molecular formula is C12H15NO5S. The van der Waals surface area contributed by atoms with Crippen LogP contribution >= 0.6 is 0 Å². The van der Waals surface area contributed by atoms with Gasteiger partial charge in [0.15, 0.2) is 0 Å². The first-order valence-electron chi connectivity index (χ1n) is 5.81. The minimum atomic E-state index is -3.52. The Labute approximate surface area is 111 Å². The highest BCUT2D eigenvalue weighted by atomic mass is 32.2. The summed E-state index contributed by atoms with van der Waals surface area (Å²) in [5.74, 6) is -0.928. The van der Waals surface area contributed by atoms with Crippen molar-refractivity contribution in [1.29, 1.82) is 0 Å². The maximum Gasteiger partial charge on any atom is 0.307 e. The molecule has 0 radical (unpaired) electrons. The molecule has 104 valence electrons. The van der Waals surface area contributed by atoms with Gasteiger partial charge in [-0.05, 0) is 24.1 Å². The molecule has 0 saturated carbocycles. The highest BCUT2D eigenvalue weighted by molar-refractivity contribution is 7.86. The molecule has 2 unspecified atom stereocenters. The molecule has 1 aromatic carbocycles. The molecule has 0 amide bonds. The largest absolute Gasteiger partial charge is 0.481 e. The van der Waals surface area contributed by atoms with Crippen molar-refractivity contribution in [2.45, 2.75) is 12.5 Å². The minimum Gasteiger partial charge on any atom is -0.481 e. The molecule has 1 aliphatic heterocycles. The third kappa shape index (κ3) is 3.68. The van der Waals surface area contributed by atoms with Gasteiger partial charge in [0.1, 0.15) is 5.75 Å². The first-order valence-corrected chi connectivity index (χ1v) is 7.62. The van der Waals surface area contributed by atoms with Crippen LogP contribution < -0.4 is 9.50 Å². The molecule has 19 heavy (non-hydrogen) atoms. The topological polar surface area (TPSA) is 92.7 Å². The number of hydrogen-bond acceptors (Lipinski definition) is 5. The van der Waals surface area contributed by atoms with Crippen molar-refractivity contribution in [3.05, 3.63) is 29.8 Å². The summed E-state index contributed by atoms with van der Waals surface area (Å²) in [4.78, 5) is 10.9. The summed E-state index contributed by atoms with van der Waals surface area (Å²) < 4.78 is 26.7.